The molecule has 0 spiro atoms. The first-order valence-electron chi connectivity index (χ1n) is 10.1. The summed E-state index contributed by atoms with van der Waals surface area (Å²) in [4.78, 5) is 41.1. The Morgan fingerprint density at radius 1 is 1.10 bits per heavy atom. The third-order valence-electron chi connectivity index (χ3n) is 5.29. The molecular weight excluding hydrogens is 400 g/mol. The SMILES string of the molecule is COC(=O)c1ccc(N2CCCN(C(=O)N(C)Cc3ccccc3)CC2)c([N+](=O)[O-])c1. The molecule has 0 aliphatic carbocycles. The van der Waals surface area contributed by atoms with Crippen LogP contribution in [0.2, 0.25) is 0 Å². The minimum atomic E-state index is -0.622. The van der Waals surface area contributed by atoms with Crippen molar-refractivity contribution in [2.24, 2.45) is 0 Å². The van der Waals surface area contributed by atoms with Gasteiger partial charge in [-0.2, -0.15) is 0 Å². The van der Waals surface area contributed by atoms with Gasteiger partial charge in [-0.1, -0.05) is 30.3 Å². The van der Waals surface area contributed by atoms with Crippen molar-refractivity contribution in [3.8, 4) is 0 Å². The number of benzene rings is 2. The first-order chi connectivity index (χ1) is 14.9. The van der Waals surface area contributed by atoms with Crippen LogP contribution in [0.4, 0.5) is 16.2 Å². The number of hydrogen-bond acceptors (Lipinski definition) is 6. The van der Waals surface area contributed by atoms with E-state index in [1.807, 2.05) is 35.2 Å². The number of methoxy groups -OCH3 is 1. The Kier molecular flexibility index (Phi) is 7.07. The standard InChI is InChI=1S/C22H26N4O5/c1-23(16-17-7-4-3-5-8-17)22(28)25-12-6-11-24(13-14-25)19-10-9-18(21(27)31-2)15-20(19)26(29)30/h3-5,7-10,15H,6,11-14,16H2,1-2H3. The van der Waals surface area contributed by atoms with Crippen LogP contribution in [0.5, 0.6) is 0 Å². The molecule has 1 fully saturated rings. The maximum Gasteiger partial charge on any atom is 0.338 e. The van der Waals surface area contributed by atoms with Gasteiger partial charge < -0.3 is 19.4 Å². The predicted octanol–water partition coefficient (Wildman–Crippen LogP) is 3.15. The molecule has 9 nitrogen and oxygen atoms in total. The number of anilines is 1. The van der Waals surface area contributed by atoms with Crippen molar-refractivity contribution in [3.05, 3.63) is 69.8 Å². The fraction of sp³-hybridized carbons (Fsp3) is 0.364. The highest BCUT2D eigenvalue weighted by Crippen LogP contribution is 2.30. The van der Waals surface area contributed by atoms with Gasteiger partial charge in [-0.05, 0) is 24.1 Å². The Morgan fingerprint density at radius 2 is 1.84 bits per heavy atom. The zero-order valence-electron chi connectivity index (χ0n) is 17.7. The second-order valence-corrected chi connectivity index (χ2v) is 7.40. The van der Waals surface area contributed by atoms with E-state index in [1.165, 1.54) is 19.2 Å². The van der Waals surface area contributed by atoms with Crippen LogP contribution in [0.1, 0.15) is 22.3 Å². The van der Waals surface area contributed by atoms with Gasteiger partial charge in [0.15, 0.2) is 0 Å². The lowest BCUT2D eigenvalue weighted by molar-refractivity contribution is -0.384. The lowest BCUT2D eigenvalue weighted by Crippen LogP contribution is -2.42. The van der Waals surface area contributed by atoms with Crippen LogP contribution in [0.15, 0.2) is 48.5 Å². The maximum atomic E-state index is 12.9. The minimum absolute atomic E-state index is 0.0683. The van der Waals surface area contributed by atoms with E-state index >= 15 is 0 Å². The van der Waals surface area contributed by atoms with Gasteiger partial charge in [-0.3, -0.25) is 10.1 Å². The zero-order valence-corrected chi connectivity index (χ0v) is 17.7. The van der Waals surface area contributed by atoms with E-state index in [9.17, 15) is 19.7 Å². The highest BCUT2D eigenvalue weighted by Gasteiger charge is 2.26. The first-order valence-corrected chi connectivity index (χ1v) is 10.1. The molecule has 0 saturated carbocycles. The average Bonchev–Trinajstić information content (AvgIpc) is 3.04. The average molecular weight is 426 g/mol. The third kappa shape index (κ3) is 5.30. The fourth-order valence-corrected chi connectivity index (χ4v) is 3.70. The lowest BCUT2D eigenvalue weighted by atomic mass is 10.1. The Balaban J connectivity index is 1.70. The van der Waals surface area contributed by atoms with Crippen LogP contribution in [-0.2, 0) is 11.3 Å². The van der Waals surface area contributed by atoms with Crippen molar-refractivity contribution in [2.75, 3.05) is 45.2 Å². The summed E-state index contributed by atoms with van der Waals surface area (Å²) in [6.45, 7) is 2.57. The van der Waals surface area contributed by atoms with Gasteiger partial charge in [-0.25, -0.2) is 9.59 Å². The topological polar surface area (TPSA) is 96.2 Å². The molecule has 1 heterocycles. The Hall–Kier alpha value is -3.62. The van der Waals surface area contributed by atoms with Crippen molar-refractivity contribution >= 4 is 23.4 Å². The summed E-state index contributed by atoms with van der Waals surface area (Å²) in [7, 11) is 3.01. The highest BCUT2D eigenvalue weighted by atomic mass is 16.6. The normalized spacial score (nSPS) is 14.0. The molecule has 1 saturated heterocycles. The predicted molar refractivity (Wildman–Crippen MR) is 116 cm³/mol. The van der Waals surface area contributed by atoms with Crippen LogP contribution in [-0.4, -0.2) is 67.1 Å². The number of amides is 2. The smallest absolute Gasteiger partial charge is 0.338 e. The summed E-state index contributed by atoms with van der Waals surface area (Å²) in [5.41, 5.74) is 1.47. The number of hydrogen-bond donors (Lipinski definition) is 0. The summed E-state index contributed by atoms with van der Waals surface area (Å²) in [6.07, 6.45) is 0.681. The summed E-state index contributed by atoms with van der Waals surface area (Å²) in [5.74, 6) is -0.622. The molecule has 31 heavy (non-hydrogen) atoms. The van der Waals surface area contributed by atoms with Gasteiger partial charge in [0.1, 0.15) is 5.69 Å². The molecule has 164 valence electrons. The second-order valence-electron chi connectivity index (χ2n) is 7.40. The molecule has 2 amide bonds. The molecule has 0 unspecified atom stereocenters. The largest absolute Gasteiger partial charge is 0.465 e. The van der Waals surface area contributed by atoms with Crippen LogP contribution in [0, 0.1) is 10.1 Å². The first kappa shape index (κ1) is 22.1. The lowest BCUT2D eigenvalue weighted by Gasteiger charge is -2.27. The molecule has 1 aliphatic heterocycles. The van der Waals surface area contributed by atoms with Crippen molar-refractivity contribution in [2.45, 2.75) is 13.0 Å². The van der Waals surface area contributed by atoms with Crippen LogP contribution in [0.3, 0.4) is 0 Å². The van der Waals surface area contributed by atoms with Crippen LogP contribution < -0.4 is 4.90 Å². The van der Waals surface area contributed by atoms with Crippen LogP contribution in [0.25, 0.3) is 0 Å². The van der Waals surface area contributed by atoms with Gasteiger partial charge in [0.25, 0.3) is 5.69 Å². The monoisotopic (exact) mass is 426 g/mol. The summed E-state index contributed by atoms with van der Waals surface area (Å²) in [5, 5.41) is 11.6. The molecule has 0 aromatic heterocycles. The van der Waals surface area contributed by atoms with E-state index in [2.05, 4.69) is 4.74 Å². The molecule has 0 atom stereocenters. The number of rotatable bonds is 5. The van der Waals surface area contributed by atoms with E-state index in [-0.39, 0.29) is 17.3 Å². The van der Waals surface area contributed by atoms with Crippen LogP contribution >= 0.6 is 0 Å². The van der Waals surface area contributed by atoms with Crippen molar-refractivity contribution in [1.29, 1.82) is 0 Å². The quantitative estimate of drug-likeness (QED) is 0.414. The van der Waals surface area contributed by atoms with Crippen molar-refractivity contribution < 1.29 is 19.2 Å². The number of nitrogens with zero attached hydrogens (tertiary/aromatic N) is 4. The molecule has 0 bridgehead atoms. The van der Waals surface area contributed by atoms with E-state index in [0.717, 1.165) is 5.56 Å². The van der Waals surface area contributed by atoms with Gasteiger partial charge in [0.05, 0.1) is 17.6 Å². The number of carbonyl (C=O) groups excluding carboxylic acids is 2. The molecular formula is C22H26N4O5. The molecule has 3 rings (SSSR count). The number of urea groups is 1. The number of carbonyl (C=O) groups is 2. The molecule has 2 aromatic rings. The molecule has 1 aliphatic rings. The molecule has 2 aromatic carbocycles. The van der Waals surface area contributed by atoms with E-state index in [1.54, 1.807) is 22.9 Å². The number of esters is 1. The van der Waals surface area contributed by atoms with Gasteiger partial charge in [-0.15, -0.1) is 0 Å². The molecule has 0 radical (unpaired) electrons. The van der Waals surface area contributed by atoms with Crippen molar-refractivity contribution in [1.82, 2.24) is 9.80 Å². The molecule has 0 N–H and O–H groups in total. The van der Waals surface area contributed by atoms with Gasteiger partial charge in [0.2, 0.25) is 0 Å². The van der Waals surface area contributed by atoms with Gasteiger partial charge >= 0.3 is 12.0 Å². The minimum Gasteiger partial charge on any atom is -0.465 e. The Morgan fingerprint density at radius 3 is 2.52 bits per heavy atom. The molecule has 9 heteroatoms. The Labute approximate surface area is 181 Å². The van der Waals surface area contributed by atoms with E-state index in [0.29, 0.717) is 44.8 Å². The number of nitro benzene ring substituents is 1. The van der Waals surface area contributed by atoms with E-state index in [4.69, 9.17) is 0 Å². The second kappa shape index (κ2) is 9.92. The zero-order chi connectivity index (χ0) is 22.4. The third-order valence-corrected chi connectivity index (χ3v) is 5.29. The van der Waals surface area contributed by atoms with Gasteiger partial charge in [0, 0.05) is 45.8 Å². The van der Waals surface area contributed by atoms with E-state index < -0.39 is 10.9 Å². The summed E-state index contributed by atoms with van der Waals surface area (Å²) < 4.78 is 4.66. The number of ether oxygens (including phenoxy) is 1. The summed E-state index contributed by atoms with van der Waals surface area (Å²) in [6, 6.07) is 14.0. The number of nitro groups is 1. The Bertz CT molecular complexity index is 950. The highest BCUT2D eigenvalue weighted by molar-refractivity contribution is 5.91. The van der Waals surface area contributed by atoms with Crippen molar-refractivity contribution in [3.63, 3.8) is 0 Å². The fourth-order valence-electron chi connectivity index (χ4n) is 3.70. The maximum absolute atomic E-state index is 12.9. The summed E-state index contributed by atoms with van der Waals surface area (Å²) >= 11 is 0.